The molecule has 1 aliphatic rings. The Balaban J connectivity index is 2.45. The van der Waals surface area contributed by atoms with E-state index in [-0.39, 0.29) is 6.10 Å². The van der Waals surface area contributed by atoms with Crippen molar-refractivity contribution < 1.29 is 9.84 Å². The molecule has 0 saturated carbocycles. The van der Waals surface area contributed by atoms with Crippen LogP contribution in [0, 0.1) is 20.8 Å². The molecule has 0 amide bonds. The van der Waals surface area contributed by atoms with Crippen molar-refractivity contribution in [1.82, 2.24) is 0 Å². The molecule has 1 atom stereocenters. The highest BCUT2D eigenvalue weighted by Gasteiger charge is 2.28. The molecular formula is C13H19NO2. The maximum atomic E-state index is 9.99. The number of aromatic hydroxyl groups is 1. The van der Waals surface area contributed by atoms with Crippen molar-refractivity contribution in [3.63, 3.8) is 0 Å². The number of hydrogen-bond donors (Lipinski definition) is 2. The van der Waals surface area contributed by atoms with Crippen LogP contribution in [-0.4, -0.2) is 17.8 Å². The summed E-state index contributed by atoms with van der Waals surface area (Å²) in [6, 6.07) is 0. The Kier molecular flexibility index (Phi) is 2.80. The number of phenolic OH excluding ortho intramolecular Hbond substituents is 1. The van der Waals surface area contributed by atoms with Crippen LogP contribution in [0.25, 0.3) is 0 Å². The second-order valence-electron chi connectivity index (χ2n) is 4.55. The normalized spacial score (nSPS) is 18.4. The van der Waals surface area contributed by atoms with Gasteiger partial charge in [-0.1, -0.05) is 0 Å². The zero-order valence-corrected chi connectivity index (χ0v) is 10.1. The topological polar surface area (TPSA) is 55.5 Å². The molecule has 3 N–H and O–H groups in total. The summed E-state index contributed by atoms with van der Waals surface area (Å²) in [5.74, 6) is 1.37. The van der Waals surface area contributed by atoms with Crippen LogP contribution >= 0.6 is 0 Å². The minimum Gasteiger partial charge on any atom is -0.507 e. The summed E-state index contributed by atoms with van der Waals surface area (Å²) >= 11 is 0. The minimum absolute atomic E-state index is 0.179. The van der Waals surface area contributed by atoms with Gasteiger partial charge in [0, 0.05) is 12.0 Å². The first-order chi connectivity index (χ1) is 7.56. The molecule has 0 aromatic heterocycles. The third-order valence-electron chi connectivity index (χ3n) is 3.55. The van der Waals surface area contributed by atoms with Gasteiger partial charge in [-0.25, -0.2) is 0 Å². The van der Waals surface area contributed by atoms with Crippen LogP contribution < -0.4 is 10.5 Å². The Hall–Kier alpha value is -1.22. The summed E-state index contributed by atoms with van der Waals surface area (Å²) < 4.78 is 5.90. The number of benzene rings is 1. The molecule has 1 aromatic carbocycles. The Labute approximate surface area is 96.2 Å². The molecule has 88 valence electrons. The molecule has 0 unspecified atom stereocenters. The number of phenols is 1. The fourth-order valence-electron chi connectivity index (χ4n) is 2.36. The van der Waals surface area contributed by atoms with Crippen LogP contribution in [0.3, 0.4) is 0 Å². The van der Waals surface area contributed by atoms with Crippen LogP contribution in [0.5, 0.6) is 11.5 Å². The van der Waals surface area contributed by atoms with E-state index in [2.05, 4.69) is 0 Å². The van der Waals surface area contributed by atoms with E-state index in [1.165, 1.54) is 0 Å². The molecule has 0 saturated heterocycles. The van der Waals surface area contributed by atoms with Gasteiger partial charge in [0.05, 0.1) is 0 Å². The van der Waals surface area contributed by atoms with E-state index in [1.807, 2.05) is 20.8 Å². The molecule has 0 fully saturated rings. The number of ether oxygens (including phenoxy) is 1. The number of rotatable bonds is 2. The van der Waals surface area contributed by atoms with E-state index < -0.39 is 0 Å². The van der Waals surface area contributed by atoms with Crippen molar-refractivity contribution in [2.45, 2.75) is 39.7 Å². The second-order valence-corrected chi connectivity index (χ2v) is 4.55. The lowest BCUT2D eigenvalue weighted by Gasteiger charge is -2.13. The molecule has 2 rings (SSSR count). The molecule has 1 aliphatic heterocycles. The highest BCUT2D eigenvalue weighted by Crippen LogP contribution is 2.42. The average Bonchev–Trinajstić information content (AvgIpc) is 2.68. The summed E-state index contributed by atoms with van der Waals surface area (Å²) in [6.45, 7) is 6.52. The standard InChI is InChI=1S/C13H19NO2/c1-7-8(2)13-11(9(3)12(7)15)6-10(16-13)4-5-14/h10,15H,4-6,14H2,1-3H3/t10-/m1/s1. The van der Waals surface area contributed by atoms with Crippen LogP contribution in [0.2, 0.25) is 0 Å². The molecular weight excluding hydrogens is 202 g/mol. The molecule has 0 radical (unpaired) electrons. The van der Waals surface area contributed by atoms with E-state index in [9.17, 15) is 5.11 Å². The fourth-order valence-corrected chi connectivity index (χ4v) is 2.36. The van der Waals surface area contributed by atoms with Crippen molar-refractivity contribution in [1.29, 1.82) is 0 Å². The smallest absolute Gasteiger partial charge is 0.126 e. The van der Waals surface area contributed by atoms with Gasteiger partial charge in [0.1, 0.15) is 17.6 Å². The molecule has 16 heavy (non-hydrogen) atoms. The SMILES string of the molecule is Cc1c(C)c2c(c(C)c1O)C[C@@H](CCN)O2. The van der Waals surface area contributed by atoms with Crippen LogP contribution in [0.4, 0.5) is 0 Å². The molecule has 3 heteroatoms. The zero-order chi connectivity index (χ0) is 11.9. The Morgan fingerprint density at radius 2 is 1.94 bits per heavy atom. The van der Waals surface area contributed by atoms with Crippen molar-refractivity contribution in [3.8, 4) is 11.5 Å². The molecule has 0 spiro atoms. The number of nitrogens with two attached hydrogens (primary N) is 1. The van der Waals surface area contributed by atoms with Crippen LogP contribution in [0.1, 0.15) is 28.7 Å². The third-order valence-corrected chi connectivity index (χ3v) is 3.55. The lowest BCUT2D eigenvalue weighted by Crippen LogP contribution is -2.18. The van der Waals surface area contributed by atoms with E-state index >= 15 is 0 Å². The van der Waals surface area contributed by atoms with Crippen molar-refractivity contribution in [2.75, 3.05) is 6.54 Å². The summed E-state index contributed by atoms with van der Waals surface area (Å²) in [7, 11) is 0. The van der Waals surface area contributed by atoms with Gasteiger partial charge in [0.2, 0.25) is 0 Å². The summed E-state index contributed by atoms with van der Waals surface area (Å²) in [4.78, 5) is 0. The lowest BCUT2D eigenvalue weighted by atomic mass is 9.96. The average molecular weight is 221 g/mol. The lowest BCUT2D eigenvalue weighted by molar-refractivity contribution is 0.223. The molecule has 1 aromatic rings. The Morgan fingerprint density at radius 1 is 1.25 bits per heavy atom. The Bertz CT molecular complexity index is 390. The first kappa shape index (κ1) is 11.3. The van der Waals surface area contributed by atoms with Gasteiger partial charge in [0.15, 0.2) is 0 Å². The first-order valence-corrected chi connectivity index (χ1v) is 5.74. The first-order valence-electron chi connectivity index (χ1n) is 5.74. The molecule has 0 bridgehead atoms. The van der Waals surface area contributed by atoms with Gasteiger partial charge in [-0.15, -0.1) is 0 Å². The third kappa shape index (κ3) is 1.55. The van der Waals surface area contributed by atoms with Gasteiger partial charge in [-0.3, -0.25) is 0 Å². The molecule has 0 aliphatic carbocycles. The highest BCUT2D eigenvalue weighted by atomic mass is 16.5. The van der Waals surface area contributed by atoms with Gasteiger partial charge in [-0.2, -0.15) is 0 Å². The van der Waals surface area contributed by atoms with E-state index in [0.29, 0.717) is 12.3 Å². The second kappa shape index (κ2) is 3.98. The largest absolute Gasteiger partial charge is 0.507 e. The predicted octanol–water partition coefficient (Wildman–Crippen LogP) is 1.97. The Morgan fingerprint density at radius 3 is 2.56 bits per heavy atom. The number of hydrogen-bond acceptors (Lipinski definition) is 3. The minimum atomic E-state index is 0.179. The highest BCUT2D eigenvalue weighted by molar-refractivity contribution is 5.59. The van der Waals surface area contributed by atoms with Crippen LogP contribution in [-0.2, 0) is 6.42 Å². The van der Waals surface area contributed by atoms with Crippen molar-refractivity contribution >= 4 is 0 Å². The van der Waals surface area contributed by atoms with Gasteiger partial charge >= 0.3 is 0 Å². The fraction of sp³-hybridized carbons (Fsp3) is 0.538. The quantitative estimate of drug-likeness (QED) is 0.802. The maximum absolute atomic E-state index is 9.99. The monoisotopic (exact) mass is 221 g/mol. The van der Waals surface area contributed by atoms with E-state index in [4.69, 9.17) is 10.5 Å². The van der Waals surface area contributed by atoms with Gasteiger partial charge < -0.3 is 15.6 Å². The van der Waals surface area contributed by atoms with E-state index in [1.54, 1.807) is 0 Å². The van der Waals surface area contributed by atoms with Crippen molar-refractivity contribution in [2.24, 2.45) is 5.73 Å². The summed E-state index contributed by atoms with van der Waals surface area (Å²) in [5.41, 5.74) is 9.63. The number of fused-ring (bicyclic) bond motifs is 1. The molecule has 1 heterocycles. The molecule has 3 nitrogen and oxygen atoms in total. The van der Waals surface area contributed by atoms with Crippen molar-refractivity contribution in [3.05, 3.63) is 22.3 Å². The predicted molar refractivity (Wildman–Crippen MR) is 64.1 cm³/mol. The van der Waals surface area contributed by atoms with Gasteiger partial charge in [-0.05, 0) is 50.4 Å². The van der Waals surface area contributed by atoms with Gasteiger partial charge in [0.25, 0.3) is 0 Å². The maximum Gasteiger partial charge on any atom is 0.126 e. The summed E-state index contributed by atoms with van der Waals surface area (Å²) in [5, 5.41) is 9.99. The zero-order valence-electron chi connectivity index (χ0n) is 10.1. The summed E-state index contributed by atoms with van der Waals surface area (Å²) in [6.07, 6.45) is 1.92. The van der Waals surface area contributed by atoms with E-state index in [0.717, 1.165) is 40.8 Å². The van der Waals surface area contributed by atoms with Crippen LogP contribution in [0.15, 0.2) is 0 Å².